The second kappa shape index (κ2) is 6.21. The molecule has 0 saturated heterocycles. The zero-order valence-electron chi connectivity index (χ0n) is 10.6. The molecule has 0 unspecified atom stereocenters. The first kappa shape index (κ1) is 13.5. The number of hydrogen-bond donors (Lipinski definition) is 2. The van der Waals surface area contributed by atoms with Crippen molar-refractivity contribution in [3.63, 3.8) is 0 Å². The Hall–Kier alpha value is -0.610. The van der Waals surface area contributed by atoms with Crippen molar-refractivity contribution in [3.05, 3.63) is 0 Å². The topological polar surface area (TPSA) is 52.6 Å². The summed E-state index contributed by atoms with van der Waals surface area (Å²) in [6, 6.07) is 0. The minimum absolute atomic E-state index is 0.0936. The minimum Gasteiger partial charge on any atom is -0.393 e. The predicted molar refractivity (Wildman–Crippen MR) is 64.1 cm³/mol. The number of nitrogens with zero attached hydrogens (tertiary/aromatic N) is 1. The third-order valence-corrected chi connectivity index (χ3v) is 2.90. The van der Waals surface area contributed by atoms with Gasteiger partial charge >= 0.3 is 0 Å². The van der Waals surface area contributed by atoms with Gasteiger partial charge in [-0.05, 0) is 31.7 Å². The van der Waals surface area contributed by atoms with E-state index in [1.807, 2.05) is 11.9 Å². The molecule has 2 N–H and O–H groups in total. The quantitative estimate of drug-likeness (QED) is 0.694. The number of nitrogens with one attached hydrogen (secondary N) is 1. The molecule has 1 aliphatic carbocycles. The summed E-state index contributed by atoms with van der Waals surface area (Å²) in [6.07, 6.45) is 1.67. The molecule has 4 nitrogen and oxygen atoms in total. The Morgan fingerprint density at radius 1 is 1.50 bits per heavy atom. The lowest BCUT2D eigenvalue weighted by molar-refractivity contribution is -0.122. The molecule has 1 rings (SSSR count). The van der Waals surface area contributed by atoms with E-state index in [1.54, 1.807) is 0 Å². The summed E-state index contributed by atoms with van der Waals surface area (Å²) in [5, 5.41) is 12.1. The van der Waals surface area contributed by atoms with E-state index in [2.05, 4.69) is 19.2 Å². The number of aliphatic hydroxyl groups excluding tert-OH is 1. The highest BCUT2D eigenvalue weighted by molar-refractivity contribution is 5.77. The number of hydrogen-bond acceptors (Lipinski definition) is 3. The van der Waals surface area contributed by atoms with Crippen LogP contribution in [-0.2, 0) is 4.79 Å². The molecule has 1 amide bonds. The van der Waals surface area contributed by atoms with Crippen molar-refractivity contribution < 1.29 is 9.90 Å². The van der Waals surface area contributed by atoms with Crippen molar-refractivity contribution in [1.82, 2.24) is 10.2 Å². The largest absolute Gasteiger partial charge is 0.393 e. The van der Waals surface area contributed by atoms with Gasteiger partial charge in [0.15, 0.2) is 0 Å². The second-order valence-corrected chi connectivity index (χ2v) is 5.39. The second-order valence-electron chi connectivity index (χ2n) is 5.39. The van der Waals surface area contributed by atoms with Crippen LogP contribution >= 0.6 is 0 Å². The van der Waals surface area contributed by atoms with Crippen LogP contribution in [0, 0.1) is 11.8 Å². The Labute approximate surface area is 98.0 Å². The van der Waals surface area contributed by atoms with Gasteiger partial charge in [0, 0.05) is 13.1 Å². The number of aliphatic hydroxyl groups is 1. The van der Waals surface area contributed by atoms with Crippen LogP contribution in [0.2, 0.25) is 0 Å². The summed E-state index contributed by atoms with van der Waals surface area (Å²) in [6.45, 7) is 6.28. The van der Waals surface area contributed by atoms with Crippen molar-refractivity contribution >= 4 is 5.91 Å². The highest BCUT2D eigenvalue weighted by Gasteiger charge is 2.28. The van der Waals surface area contributed by atoms with E-state index < -0.39 is 0 Å². The molecule has 16 heavy (non-hydrogen) atoms. The average molecular weight is 228 g/mol. The van der Waals surface area contributed by atoms with Crippen LogP contribution in [-0.4, -0.2) is 48.7 Å². The Morgan fingerprint density at radius 2 is 2.12 bits per heavy atom. The molecule has 0 aromatic heterocycles. The molecule has 0 aliphatic heterocycles. The number of carbonyl (C=O) groups excluding carboxylic acids is 1. The molecule has 1 saturated carbocycles. The minimum atomic E-state index is -0.104. The van der Waals surface area contributed by atoms with E-state index in [9.17, 15) is 4.79 Å². The summed E-state index contributed by atoms with van der Waals surface area (Å²) in [5.74, 6) is 1.16. The van der Waals surface area contributed by atoms with Crippen LogP contribution in [0.15, 0.2) is 0 Å². The summed E-state index contributed by atoms with van der Waals surface area (Å²) in [5.41, 5.74) is 0. The van der Waals surface area contributed by atoms with Crippen LogP contribution < -0.4 is 5.32 Å². The Bertz CT molecular complexity index is 225. The van der Waals surface area contributed by atoms with E-state index in [1.165, 1.54) is 0 Å². The van der Waals surface area contributed by atoms with Crippen molar-refractivity contribution in [2.75, 3.05) is 26.7 Å². The molecule has 1 fully saturated rings. The third kappa shape index (κ3) is 4.94. The monoisotopic (exact) mass is 228 g/mol. The first-order chi connectivity index (χ1) is 7.47. The number of amides is 1. The lowest BCUT2D eigenvalue weighted by Crippen LogP contribution is -2.42. The van der Waals surface area contributed by atoms with E-state index in [4.69, 9.17) is 5.11 Å². The number of rotatable bonds is 6. The maximum absolute atomic E-state index is 11.5. The van der Waals surface area contributed by atoms with Crippen LogP contribution in [0.1, 0.15) is 26.7 Å². The van der Waals surface area contributed by atoms with Gasteiger partial charge in [-0.2, -0.15) is 0 Å². The summed E-state index contributed by atoms with van der Waals surface area (Å²) >= 11 is 0. The van der Waals surface area contributed by atoms with Gasteiger partial charge in [0.1, 0.15) is 0 Å². The van der Waals surface area contributed by atoms with Crippen LogP contribution in [0.3, 0.4) is 0 Å². The SMILES string of the molecule is CC(C)CNC(=O)CN(C)CC1CC(O)C1. The number of likely N-dealkylation sites (N-methyl/N-ethyl adjacent to an activating group) is 1. The van der Waals surface area contributed by atoms with Crippen molar-refractivity contribution in [2.24, 2.45) is 11.8 Å². The summed E-state index contributed by atoms with van der Waals surface area (Å²) in [7, 11) is 1.96. The molecule has 0 aromatic carbocycles. The molecule has 4 heteroatoms. The van der Waals surface area contributed by atoms with Gasteiger partial charge in [-0.1, -0.05) is 13.8 Å². The third-order valence-electron chi connectivity index (χ3n) is 2.90. The van der Waals surface area contributed by atoms with Crippen LogP contribution in [0.5, 0.6) is 0 Å². The number of carbonyl (C=O) groups is 1. The maximum Gasteiger partial charge on any atom is 0.234 e. The molecular weight excluding hydrogens is 204 g/mol. The summed E-state index contributed by atoms with van der Waals surface area (Å²) < 4.78 is 0. The fourth-order valence-electron chi connectivity index (χ4n) is 1.97. The zero-order valence-corrected chi connectivity index (χ0v) is 10.6. The molecule has 0 bridgehead atoms. The van der Waals surface area contributed by atoms with Crippen molar-refractivity contribution in [2.45, 2.75) is 32.8 Å². The Balaban J connectivity index is 2.08. The maximum atomic E-state index is 11.5. The van der Waals surface area contributed by atoms with Crippen molar-refractivity contribution in [1.29, 1.82) is 0 Å². The lowest BCUT2D eigenvalue weighted by atomic mass is 9.82. The van der Waals surface area contributed by atoms with Gasteiger partial charge in [0.05, 0.1) is 12.6 Å². The van der Waals surface area contributed by atoms with E-state index >= 15 is 0 Å². The van der Waals surface area contributed by atoms with E-state index in [0.717, 1.165) is 25.9 Å². The standard InChI is InChI=1S/C12H24N2O2/c1-9(2)6-13-12(16)8-14(3)7-10-4-11(15)5-10/h9-11,15H,4-8H2,1-3H3,(H,13,16). The van der Waals surface area contributed by atoms with Crippen molar-refractivity contribution in [3.8, 4) is 0 Å². The highest BCUT2D eigenvalue weighted by atomic mass is 16.3. The van der Waals surface area contributed by atoms with Gasteiger partial charge in [-0.15, -0.1) is 0 Å². The normalized spacial score (nSPS) is 24.6. The van der Waals surface area contributed by atoms with E-state index in [0.29, 0.717) is 18.4 Å². The van der Waals surface area contributed by atoms with Gasteiger partial charge in [0.25, 0.3) is 0 Å². The molecule has 0 spiro atoms. The fraction of sp³-hybridized carbons (Fsp3) is 0.917. The Kier molecular flexibility index (Phi) is 5.22. The molecular formula is C12H24N2O2. The molecule has 94 valence electrons. The smallest absolute Gasteiger partial charge is 0.234 e. The molecule has 0 heterocycles. The van der Waals surface area contributed by atoms with Gasteiger partial charge in [0.2, 0.25) is 5.91 Å². The lowest BCUT2D eigenvalue weighted by Gasteiger charge is -2.34. The first-order valence-electron chi connectivity index (χ1n) is 6.10. The van der Waals surface area contributed by atoms with E-state index in [-0.39, 0.29) is 12.0 Å². The molecule has 0 radical (unpaired) electrons. The average Bonchev–Trinajstić information content (AvgIpc) is 2.12. The first-order valence-corrected chi connectivity index (χ1v) is 6.10. The predicted octanol–water partition coefficient (Wildman–Crippen LogP) is 0.461. The zero-order chi connectivity index (χ0) is 12.1. The van der Waals surface area contributed by atoms with Gasteiger partial charge in [-0.3, -0.25) is 9.69 Å². The summed E-state index contributed by atoms with van der Waals surface area (Å²) in [4.78, 5) is 13.5. The molecule has 0 atom stereocenters. The van der Waals surface area contributed by atoms with Gasteiger partial charge < -0.3 is 10.4 Å². The Morgan fingerprint density at radius 3 is 2.62 bits per heavy atom. The van der Waals surface area contributed by atoms with Crippen LogP contribution in [0.25, 0.3) is 0 Å². The molecule has 1 aliphatic rings. The van der Waals surface area contributed by atoms with Gasteiger partial charge in [-0.25, -0.2) is 0 Å². The fourth-order valence-corrected chi connectivity index (χ4v) is 1.97. The highest BCUT2D eigenvalue weighted by Crippen LogP contribution is 2.27. The van der Waals surface area contributed by atoms with Crippen LogP contribution in [0.4, 0.5) is 0 Å². The molecule has 0 aromatic rings.